The summed E-state index contributed by atoms with van der Waals surface area (Å²) in [6.07, 6.45) is 1.22. The van der Waals surface area contributed by atoms with Crippen LogP contribution in [0.1, 0.15) is 11.1 Å². The zero-order valence-corrected chi connectivity index (χ0v) is 14.8. The van der Waals surface area contributed by atoms with E-state index in [1.807, 2.05) is 19.1 Å². The first-order chi connectivity index (χ1) is 11.9. The number of amides is 1. The SMILES string of the molecule is Cc1cccc(OCC(=O)N/N=C\c2cc(Br)ccc2OC(F)F)c1. The summed E-state index contributed by atoms with van der Waals surface area (Å²) in [7, 11) is 0. The molecule has 0 heterocycles. The monoisotopic (exact) mass is 412 g/mol. The molecule has 0 atom stereocenters. The Balaban J connectivity index is 1.91. The number of carbonyl (C=O) groups excluding carboxylic acids is 1. The third-order valence-electron chi connectivity index (χ3n) is 2.94. The number of aryl methyl sites for hydroxylation is 1. The smallest absolute Gasteiger partial charge is 0.387 e. The average Bonchev–Trinajstić information content (AvgIpc) is 2.55. The van der Waals surface area contributed by atoms with Gasteiger partial charge in [0.05, 0.1) is 6.21 Å². The summed E-state index contributed by atoms with van der Waals surface area (Å²) < 4.78 is 35.1. The standard InChI is InChI=1S/C17H15BrF2N2O3/c1-11-3-2-4-14(7-11)24-10-16(23)22-21-9-12-8-13(18)5-6-15(12)25-17(19)20/h2-9,17H,10H2,1H3,(H,22,23)/b21-9-. The van der Waals surface area contributed by atoms with E-state index in [2.05, 4.69) is 31.2 Å². The van der Waals surface area contributed by atoms with Crippen molar-refractivity contribution in [2.75, 3.05) is 6.61 Å². The second kappa shape index (κ2) is 9.12. The van der Waals surface area contributed by atoms with Crippen LogP contribution in [0.25, 0.3) is 0 Å². The predicted molar refractivity (Wildman–Crippen MR) is 93.2 cm³/mol. The molecule has 0 spiro atoms. The van der Waals surface area contributed by atoms with E-state index in [0.29, 0.717) is 10.2 Å². The Labute approximate surface area is 151 Å². The van der Waals surface area contributed by atoms with Crippen molar-refractivity contribution in [1.82, 2.24) is 5.43 Å². The van der Waals surface area contributed by atoms with Crippen LogP contribution in [0, 0.1) is 6.92 Å². The van der Waals surface area contributed by atoms with E-state index in [9.17, 15) is 13.6 Å². The lowest BCUT2D eigenvalue weighted by atomic mass is 10.2. The molecule has 0 fully saturated rings. The van der Waals surface area contributed by atoms with E-state index in [0.717, 1.165) is 5.56 Å². The number of nitrogens with one attached hydrogen (secondary N) is 1. The van der Waals surface area contributed by atoms with Crippen molar-refractivity contribution in [3.05, 3.63) is 58.1 Å². The van der Waals surface area contributed by atoms with Crippen LogP contribution in [0.5, 0.6) is 11.5 Å². The van der Waals surface area contributed by atoms with Gasteiger partial charge in [-0.3, -0.25) is 4.79 Å². The molecular formula is C17H15BrF2N2O3. The molecule has 5 nitrogen and oxygen atoms in total. The molecular weight excluding hydrogens is 398 g/mol. The summed E-state index contributed by atoms with van der Waals surface area (Å²) in [4.78, 5) is 11.7. The molecule has 0 saturated heterocycles. The van der Waals surface area contributed by atoms with Gasteiger partial charge in [-0.05, 0) is 42.8 Å². The number of hydrogen-bond donors (Lipinski definition) is 1. The summed E-state index contributed by atoms with van der Waals surface area (Å²) >= 11 is 3.23. The van der Waals surface area contributed by atoms with Gasteiger partial charge in [0.15, 0.2) is 6.61 Å². The van der Waals surface area contributed by atoms with Crippen molar-refractivity contribution in [3.8, 4) is 11.5 Å². The Morgan fingerprint density at radius 1 is 1.32 bits per heavy atom. The van der Waals surface area contributed by atoms with Gasteiger partial charge in [-0.15, -0.1) is 0 Å². The molecule has 0 aliphatic carbocycles. The largest absolute Gasteiger partial charge is 0.484 e. The van der Waals surface area contributed by atoms with Crippen molar-refractivity contribution in [2.45, 2.75) is 13.5 Å². The van der Waals surface area contributed by atoms with Crippen LogP contribution in [-0.4, -0.2) is 25.3 Å². The number of carbonyl (C=O) groups is 1. The maximum atomic E-state index is 12.4. The first-order valence-electron chi connectivity index (χ1n) is 7.20. The Hall–Kier alpha value is -2.48. The van der Waals surface area contributed by atoms with E-state index in [1.165, 1.54) is 18.3 Å². The van der Waals surface area contributed by atoms with Gasteiger partial charge in [-0.2, -0.15) is 13.9 Å². The zero-order valence-electron chi connectivity index (χ0n) is 13.2. The average molecular weight is 413 g/mol. The maximum Gasteiger partial charge on any atom is 0.387 e. The number of hydrazone groups is 1. The summed E-state index contributed by atoms with van der Waals surface area (Å²) in [6.45, 7) is -1.26. The molecule has 0 bridgehead atoms. The normalized spacial score (nSPS) is 10.9. The van der Waals surface area contributed by atoms with Crippen molar-refractivity contribution in [1.29, 1.82) is 0 Å². The molecule has 2 aromatic carbocycles. The third kappa shape index (κ3) is 6.50. The molecule has 0 saturated carbocycles. The van der Waals surface area contributed by atoms with Gasteiger partial charge >= 0.3 is 6.61 Å². The first kappa shape index (κ1) is 18.9. The number of rotatable bonds is 7. The van der Waals surface area contributed by atoms with Crippen LogP contribution in [0.15, 0.2) is 52.0 Å². The lowest BCUT2D eigenvalue weighted by Crippen LogP contribution is -2.24. The molecule has 0 aromatic heterocycles. The summed E-state index contributed by atoms with van der Waals surface area (Å²) in [5, 5.41) is 3.73. The summed E-state index contributed by atoms with van der Waals surface area (Å²) in [6, 6.07) is 11.7. The molecule has 1 amide bonds. The van der Waals surface area contributed by atoms with Gasteiger partial charge in [0.2, 0.25) is 0 Å². The van der Waals surface area contributed by atoms with Crippen LogP contribution < -0.4 is 14.9 Å². The predicted octanol–water partition coefficient (Wildman–Crippen LogP) is 3.89. The third-order valence-corrected chi connectivity index (χ3v) is 3.43. The van der Waals surface area contributed by atoms with E-state index >= 15 is 0 Å². The quantitative estimate of drug-likeness (QED) is 0.554. The van der Waals surface area contributed by atoms with Crippen LogP contribution in [0.3, 0.4) is 0 Å². The number of alkyl halides is 2. The molecule has 2 aromatic rings. The summed E-state index contributed by atoms with van der Waals surface area (Å²) in [5.41, 5.74) is 3.56. The highest BCUT2D eigenvalue weighted by atomic mass is 79.9. The molecule has 8 heteroatoms. The number of halogens is 3. The second-order valence-corrected chi connectivity index (χ2v) is 5.87. The van der Waals surface area contributed by atoms with Crippen molar-refractivity contribution >= 4 is 28.1 Å². The van der Waals surface area contributed by atoms with Gasteiger partial charge in [-0.1, -0.05) is 28.1 Å². The molecule has 2 rings (SSSR count). The highest BCUT2D eigenvalue weighted by molar-refractivity contribution is 9.10. The minimum Gasteiger partial charge on any atom is -0.484 e. The van der Waals surface area contributed by atoms with Gasteiger partial charge in [0.25, 0.3) is 5.91 Å². The lowest BCUT2D eigenvalue weighted by Gasteiger charge is -2.08. The number of ether oxygens (including phenoxy) is 2. The van der Waals surface area contributed by atoms with Crippen LogP contribution in [0.4, 0.5) is 8.78 Å². The molecule has 0 aliphatic heterocycles. The number of hydrogen-bond acceptors (Lipinski definition) is 4. The highest BCUT2D eigenvalue weighted by Gasteiger charge is 2.09. The van der Waals surface area contributed by atoms with Crippen molar-refractivity contribution < 1.29 is 23.0 Å². The minimum atomic E-state index is -2.95. The lowest BCUT2D eigenvalue weighted by molar-refractivity contribution is -0.123. The fourth-order valence-electron chi connectivity index (χ4n) is 1.88. The first-order valence-corrected chi connectivity index (χ1v) is 7.99. The van der Waals surface area contributed by atoms with Gasteiger partial charge in [0.1, 0.15) is 11.5 Å². The molecule has 0 radical (unpaired) electrons. The van der Waals surface area contributed by atoms with Crippen molar-refractivity contribution in [3.63, 3.8) is 0 Å². The molecule has 25 heavy (non-hydrogen) atoms. The molecule has 132 valence electrons. The topological polar surface area (TPSA) is 59.9 Å². The number of benzene rings is 2. The Morgan fingerprint density at radius 3 is 2.84 bits per heavy atom. The van der Waals surface area contributed by atoms with Crippen LogP contribution in [0.2, 0.25) is 0 Å². The Kier molecular flexibility index (Phi) is 6.88. The van der Waals surface area contributed by atoms with E-state index in [-0.39, 0.29) is 17.9 Å². The molecule has 1 N–H and O–H groups in total. The van der Waals surface area contributed by atoms with E-state index in [1.54, 1.807) is 18.2 Å². The van der Waals surface area contributed by atoms with Gasteiger partial charge < -0.3 is 9.47 Å². The van der Waals surface area contributed by atoms with Gasteiger partial charge in [-0.25, -0.2) is 5.43 Å². The molecule has 0 aliphatic rings. The van der Waals surface area contributed by atoms with Gasteiger partial charge in [0, 0.05) is 10.0 Å². The number of nitrogens with zero attached hydrogens (tertiary/aromatic N) is 1. The fourth-order valence-corrected chi connectivity index (χ4v) is 2.26. The highest BCUT2D eigenvalue weighted by Crippen LogP contribution is 2.23. The maximum absolute atomic E-state index is 12.4. The zero-order chi connectivity index (χ0) is 18.2. The van der Waals surface area contributed by atoms with E-state index < -0.39 is 12.5 Å². The van der Waals surface area contributed by atoms with Crippen LogP contribution >= 0.6 is 15.9 Å². The minimum absolute atomic E-state index is 0.0489. The molecule has 0 unspecified atom stereocenters. The van der Waals surface area contributed by atoms with Crippen LogP contribution in [-0.2, 0) is 4.79 Å². The summed E-state index contributed by atoms with van der Waals surface area (Å²) in [5.74, 6) is 0.0371. The Morgan fingerprint density at radius 2 is 2.12 bits per heavy atom. The van der Waals surface area contributed by atoms with Crippen molar-refractivity contribution in [2.24, 2.45) is 5.10 Å². The fraction of sp³-hybridized carbons (Fsp3) is 0.176. The Bertz CT molecular complexity index is 769. The second-order valence-electron chi connectivity index (χ2n) is 4.96. The van der Waals surface area contributed by atoms with E-state index in [4.69, 9.17) is 4.74 Å².